The van der Waals surface area contributed by atoms with E-state index in [4.69, 9.17) is 5.73 Å². The Labute approximate surface area is 118 Å². The van der Waals surface area contributed by atoms with Crippen LogP contribution < -0.4 is 11.1 Å². The number of carbonyl (C=O) groups is 1. The van der Waals surface area contributed by atoms with Gasteiger partial charge in [0, 0.05) is 6.04 Å². The van der Waals surface area contributed by atoms with Gasteiger partial charge >= 0.3 is 0 Å². The first-order valence-electron chi connectivity index (χ1n) is 7.57. The number of nitrogens with one attached hydrogen (secondary N) is 1. The van der Waals surface area contributed by atoms with E-state index in [-0.39, 0.29) is 5.91 Å². The number of nitrogens with two attached hydrogens (primary N) is 1. The minimum Gasteiger partial charge on any atom is -0.352 e. The van der Waals surface area contributed by atoms with E-state index in [0.29, 0.717) is 17.9 Å². The van der Waals surface area contributed by atoms with E-state index in [0.717, 1.165) is 18.8 Å². The zero-order valence-corrected chi connectivity index (χ0v) is 12.7. The van der Waals surface area contributed by atoms with Gasteiger partial charge < -0.3 is 11.1 Å². The van der Waals surface area contributed by atoms with Crippen molar-refractivity contribution in [2.24, 2.45) is 17.1 Å². The van der Waals surface area contributed by atoms with Crippen LogP contribution in [-0.4, -0.2) is 18.0 Å². The highest BCUT2D eigenvalue weighted by Gasteiger charge is 2.32. The molecule has 0 radical (unpaired) electrons. The number of hydrogen-bond donors (Lipinski definition) is 2. The maximum atomic E-state index is 11.9. The van der Waals surface area contributed by atoms with Crippen molar-refractivity contribution in [3.05, 3.63) is 12.7 Å². The van der Waals surface area contributed by atoms with Crippen molar-refractivity contribution in [2.75, 3.05) is 0 Å². The molecule has 0 aromatic rings. The van der Waals surface area contributed by atoms with Crippen molar-refractivity contribution >= 4 is 5.91 Å². The van der Waals surface area contributed by atoms with E-state index in [1.54, 1.807) is 6.08 Å². The summed E-state index contributed by atoms with van der Waals surface area (Å²) in [5, 5.41) is 3.08. The van der Waals surface area contributed by atoms with Gasteiger partial charge in [-0.1, -0.05) is 33.3 Å². The molecule has 1 fully saturated rings. The SMILES string of the molecule is C=CCC(N)C(=O)NC1CCC(C(C)(C)CC)CC1. The largest absolute Gasteiger partial charge is 0.352 e. The fraction of sp³-hybridized carbons (Fsp3) is 0.812. The molecule has 1 rings (SSSR count). The minimum absolute atomic E-state index is 0.0295. The van der Waals surface area contributed by atoms with Crippen LogP contribution in [-0.2, 0) is 4.79 Å². The summed E-state index contributed by atoms with van der Waals surface area (Å²) in [6, 6.07) is -0.130. The van der Waals surface area contributed by atoms with E-state index in [2.05, 4.69) is 32.7 Å². The fourth-order valence-electron chi connectivity index (χ4n) is 2.90. The van der Waals surface area contributed by atoms with Crippen molar-refractivity contribution in [1.82, 2.24) is 5.32 Å². The molecule has 1 amide bonds. The van der Waals surface area contributed by atoms with E-state index < -0.39 is 6.04 Å². The highest BCUT2D eigenvalue weighted by Crippen LogP contribution is 2.40. The number of amides is 1. The van der Waals surface area contributed by atoms with E-state index in [1.807, 2.05) is 0 Å². The lowest BCUT2D eigenvalue weighted by molar-refractivity contribution is -0.123. The molecule has 0 aromatic heterocycles. The molecule has 1 aliphatic carbocycles. The van der Waals surface area contributed by atoms with E-state index in [1.165, 1.54) is 19.3 Å². The second kappa shape index (κ2) is 7.09. The molecule has 0 heterocycles. The summed E-state index contributed by atoms with van der Waals surface area (Å²) in [5.41, 5.74) is 6.20. The lowest BCUT2D eigenvalue weighted by Gasteiger charge is -2.39. The van der Waals surface area contributed by atoms with Crippen LogP contribution in [0.25, 0.3) is 0 Å². The molecule has 1 aliphatic rings. The van der Waals surface area contributed by atoms with Crippen molar-refractivity contribution in [1.29, 1.82) is 0 Å². The highest BCUT2D eigenvalue weighted by molar-refractivity contribution is 5.81. The topological polar surface area (TPSA) is 55.1 Å². The number of hydrogen-bond acceptors (Lipinski definition) is 2. The average molecular weight is 266 g/mol. The summed E-state index contributed by atoms with van der Waals surface area (Å²) in [5.74, 6) is 0.755. The summed E-state index contributed by atoms with van der Waals surface area (Å²) in [6.07, 6.45) is 8.06. The van der Waals surface area contributed by atoms with Gasteiger partial charge in [0.05, 0.1) is 6.04 Å². The fourth-order valence-corrected chi connectivity index (χ4v) is 2.90. The summed E-state index contributed by atoms with van der Waals surface area (Å²) < 4.78 is 0. The van der Waals surface area contributed by atoms with Crippen LogP contribution in [0.1, 0.15) is 59.3 Å². The summed E-state index contributed by atoms with van der Waals surface area (Å²) in [7, 11) is 0. The Morgan fingerprint density at radius 3 is 2.47 bits per heavy atom. The molecule has 1 atom stereocenters. The van der Waals surface area contributed by atoms with Gasteiger partial charge in [0.15, 0.2) is 0 Å². The van der Waals surface area contributed by atoms with Gasteiger partial charge in [0.2, 0.25) is 5.91 Å². The standard InChI is InChI=1S/C16H30N2O/c1-5-7-14(17)15(19)18-13-10-8-12(9-11-13)16(3,4)6-2/h5,12-14H,1,6-11,17H2,2-4H3,(H,18,19). The van der Waals surface area contributed by atoms with Gasteiger partial charge in [0.25, 0.3) is 0 Å². The molecule has 3 N–H and O–H groups in total. The first-order valence-corrected chi connectivity index (χ1v) is 7.57. The van der Waals surface area contributed by atoms with Gasteiger partial charge in [-0.05, 0) is 43.4 Å². The molecule has 19 heavy (non-hydrogen) atoms. The first kappa shape index (κ1) is 16.2. The monoisotopic (exact) mass is 266 g/mol. The van der Waals surface area contributed by atoms with Crippen molar-refractivity contribution in [2.45, 2.75) is 71.4 Å². The molecule has 110 valence electrons. The predicted molar refractivity (Wildman–Crippen MR) is 80.8 cm³/mol. The maximum absolute atomic E-state index is 11.9. The molecule has 3 nitrogen and oxygen atoms in total. The van der Waals surface area contributed by atoms with Crippen LogP contribution in [0.15, 0.2) is 12.7 Å². The second-order valence-electron chi connectivity index (χ2n) is 6.53. The van der Waals surface area contributed by atoms with Gasteiger partial charge in [-0.15, -0.1) is 6.58 Å². The summed E-state index contributed by atoms with van der Waals surface area (Å²) >= 11 is 0. The maximum Gasteiger partial charge on any atom is 0.237 e. The molecule has 3 heteroatoms. The van der Waals surface area contributed by atoms with Gasteiger partial charge in [-0.2, -0.15) is 0 Å². The third kappa shape index (κ3) is 4.64. The Hall–Kier alpha value is -0.830. The Morgan fingerprint density at radius 2 is 2.00 bits per heavy atom. The van der Waals surface area contributed by atoms with Crippen LogP contribution in [0.4, 0.5) is 0 Å². The van der Waals surface area contributed by atoms with Crippen molar-refractivity contribution < 1.29 is 4.79 Å². The zero-order valence-electron chi connectivity index (χ0n) is 12.7. The minimum atomic E-state index is -0.442. The molecular weight excluding hydrogens is 236 g/mol. The Bertz CT molecular complexity index is 304. The lowest BCUT2D eigenvalue weighted by atomic mass is 9.69. The number of carbonyl (C=O) groups excluding carboxylic acids is 1. The molecule has 0 spiro atoms. The van der Waals surface area contributed by atoms with Gasteiger partial charge in [0.1, 0.15) is 0 Å². The van der Waals surface area contributed by atoms with Gasteiger partial charge in [-0.3, -0.25) is 4.79 Å². The lowest BCUT2D eigenvalue weighted by Crippen LogP contribution is -2.47. The Balaban J connectivity index is 2.38. The predicted octanol–water partition coefficient (Wildman–Crippen LogP) is 3.00. The van der Waals surface area contributed by atoms with Crippen LogP contribution in [0.5, 0.6) is 0 Å². The van der Waals surface area contributed by atoms with Crippen LogP contribution in [0, 0.1) is 11.3 Å². The zero-order chi connectivity index (χ0) is 14.5. The molecule has 0 saturated heterocycles. The van der Waals surface area contributed by atoms with Crippen molar-refractivity contribution in [3.8, 4) is 0 Å². The van der Waals surface area contributed by atoms with Crippen LogP contribution >= 0.6 is 0 Å². The second-order valence-corrected chi connectivity index (χ2v) is 6.53. The molecule has 1 saturated carbocycles. The quantitative estimate of drug-likeness (QED) is 0.726. The van der Waals surface area contributed by atoms with E-state index >= 15 is 0 Å². The molecular formula is C16H30N2O. The van der Waals surface area contributed by atoms with Gasteiger partial charge in [-0.25, -0.2) is 0 Å². The Morgan fingerprint density at radius 1 is 1.42 bits per heavy atom. The highest BCUT2D eigenvalue weighted by atomic mass is 16.2. The first-order chi connectivity index (χ1) is 8.90. The van der Waals surface area contributed by atoms with Crippen LogP contribution in [0.2, 0.25) is 0 Å². The van der Waals surface area contributed by atoms with E-state index in [9.17, 15) is 4.79 Å². The molecule has 1 unspecified atom stereocenters. The summed E-state index contributed by atoms with van der Waals surface area (Å²) in [6.45, 7) is 10.6. The summed E-state index contributed by atoms with van der Waals surface area (Å²) in [4.78, 5) is 11.9. The molecule has 0 bridgehead atoms. The Kier molecular flexibility index (Phi) is 6.05. The molecule has 0 aromatic carbocycles. The third-order valence-electron chi connectivity index (χ3n) is 4.85. The third-order valence-corrected chi connectivity index (χ3v) is 4.85. The molecule has 0 aliphatic heterocycles. The number of rotatable bonds is 6. The average Bonchev–Trinajstić information content (AvgIpc) is 2.39. The smallest absolute Gasteiger partial charge is 0.237 e. The van der Waals surface area contributed by atoms with Crippen molar-refractivity contribution in [3.63, 3.8) is 0 Å². The van der Waals surface area contributed by atoms with Crippen LogP contribution in [0.3, 0.4) is 0 Å². The normalized spacial score (nSPS) is 25.7.